The van der Waals surface area contributed by atoms with Crippen molar-refractivity contribution in [1.29, 1.82) is 0 Å². The highest BCUT2D eigenvalue weighted by Crippen LogP contribution is 2.17. The number of unbranched alkanes of at least 4 members (excludes halogenated alkanes) is 32. The zero-order valence-electron chi connectivity index (χ0n) is 41.5. The van der Waals surface area contributed by atoms with E-state index in [0.717, 1.165) is 70.6 Å². The molecule has 0 fully saturated rings. The van der Waals surface area contributed by atoms with Gasteiger partial charge in [0.05, 0.1) is 25.2 Å². The number of aliphatic hydroxyl groups excluding tert-OH is 2. The molecule has 0 radical (unpaired) electrons. The summed E-state index contributed by atoms with van der Waals surface area (Å²) in [6.45, 7) is 6.47. The lowest BCUT2D eigenvalue weighted by Crippen LogP contribution is -2.46. The molecule has 0 aliphatic heterocycles. The first-order valence-electron chi connectivity index (χ1n) is 27.2. The molecule has 0 rings (SSSR count). The van der Waals surface area contributed by atoms with Gasteiger partial charge in [0.15, 0.2) is 0 Å². The molecule has 0 aliphatic carbocycles. The van der Waals surface area contributed by atoms with Gasteiger partial charge in [-0.1, -0.05) is 237 Å². The van der Waals surface area contributed by atoms with Crippen molar-refractivity contribution < 1.29 is 24.5 Å². The van der Waals surface area contributed by atoms with E-state index in [1.165, 1.54) is 167 Å². The molecule has 6 nitrogen and oxygen atoms in total. The van der Waals surface area contributed by atoms with Crippen molar-refractivity contribution in [1.82, 2.24) is 5.32 Å². The molecule has 0 aromatic rings. The van der Waals surface area contributed by atoms with Crippen LogP contribution in [0, 0.1) is 0 Å². The van der Waals surface area contributed by atoms with Crippen LogP contribution in [0.2, 0.25) is 0 Å². The number of ether oxygens (including phenoxy) is 1. The van der Waals surface area contributed by atoms with Crippen LogP contribution in [-0.4, -0.2) is 46.9 Å². The molecule has 0 heterocycles. The van der Waals surface area contributed by atoms with Gasteiger partial charge in [-0.3, -0.25) is 9.59 Å². The van der Waals surface area contributed by atoms with Gasteiger partial charge in [0.1, 0.15) is 6.10 Å². The number of amides is 1. The van der Waals surface area contributed by atoms with Gasteiger partial charge in [0.25, 0.3) is 0 Å². The van der Waals surface area contributed by atoms with Crippen molar-refractivity contribution in [2.24, 2.45) is 0 Å². The van der Waals surface area contributed by atoms with Crippen LogP contribution in [0.25, 0.3) is 0 Å². The Hall–Kier alpha value is -1.92. The smallest absolute Gasteiger partial charge is 0.306 e. The fourth-order valence-electron chi connectivity index (χ4n) is 8.31. The fourth-order valence-corrected chi connectivity index (χ4v) is 8.31. The van der Waals surface area contributed by atoms with E-state index in [1.807, 2.05) is 0 Å². The Morgan fingerprint density at radius 2 is 0.839 bits per heavy atom. The normalized spacial score (nSPS) is 13.4. The maximum Gasteiger partial charge on any atom is 0.306 e. The summed E-state index contributed by atoms with van der Waals surface area (Å²) in [5.74, 6) is -0.526. The number of hydrogen-bond acceptors (Lipinski definition) is 5. The Balaban J connectivity index is 4.54. The third-order valence-electron chi connectivity index (χ3n) is 12.5. The number of aliphatic hydroxyl groups is 2. The van der Waals surface area contributed by atoms with Crippen LogP contribution in [-0.2, 0) is 14.3 Å². The minimum absolute atomic E-state index is 0.0484. The second-order valence-electron chi connectivity index (χ2n) is 18.7. The lowest BCUT2D eigenvalue weighted by Gasteiger charge is -2.24. The van der Waals surface area contributed by atoms with Gasteiger partial charge in [-0.05, 0) is 70.6 Å². The summed E-state index contributed by atoms with van der Waals surface area (Å²) in [5.41, 5.74) is 0. The lowest BCUT2D eigenvalue weighted by atomic mass is 10.0. The molecule has 1 amide bonds. The van der Waals surface area contributed by atoms with Crippen LogP contribution < -0.4 is 5.32 Å². The average molecular weight is 872 g/mol. The van der Waals surface area contributed by atoms with Crippen molar-refractivity contribution in [3.05, 3.63) is 36.5 Å². The highest BCUT2D eigenvalue weighted by molar-refractivity contribution is 5.77. The van der Waals surface area contributed by atoms with Crippen molar-refractivity contribution in [3.8, 4) is 0 Å². The maximum atomic E-state index is 13.2. The predicted molar refractivity (Wildman–Crippen MR) is 269 cm³/mol. The molecule has 3 N–H and O–H groups in total. The first-order valence-corrected chi connectivity index (χ1v) is 27.2. The number of carbonyl (C=O) groups excluding carboxylic acids is 2. The van der Waals surface area contributed by atoms with Crippen molar-refractivity contribution in [3.63, 3.8) is 0 Å². The standard InChI is InChI=1S/C56H105NO5/c1-4-7-10-13-16-19-22-24-26-28-30-33-36-39-42-45-48-54(59)53(51-58)57-55(60)50-52(47-44-41-38-35-32-21-18-15-12-9-6-3)62-56(61)49-46-43-40-37-34-31-29-27-25-23-20-17-14-11-8-5-2/h27,29,31,34-35,38,52-54,58-59H,4-26,28,30,32-33,36-37,39-51H2,1-3H3,(H,57,60)/b29-27+,34-31+,38-35-. The minimum Gasteiger partial charge on any atom is -0.462 e. The minimum atomic E-state index is -0.797. The number of hydrogen-bond donors (Lipinski definition) is 3. The average Bonchev–Trinajstić information content (AvgIpc) is 3.26. The zero-order valence-corrected chi connectivity index (χ0v) is 41.5. The Bertz CT molecular complexity index is 1020. The summed E-state index contributed by atoms with van der Waals surface area (Å²) in [4.78, 5) is 26.1. The third-order valence-corrected chi connectivity index (χ3v) is 12.5. The monoisotopic (exact) mass is 872 g/mol. The van der Waals surface area contributed by atoms with Gasteiger partial charge in [0, 0.05) is 6.42 Å². The Labute approximate surface area is 385 Å². The second-order valence-corrected chi connectivity index (χ2v) is 18.7. The molecule has 0 saturated heterocycles. The number of carbonyl (C=O) groups is 2. The van der Waals surface area contributed by atoms with Crippen LogP contribution >= 0.6 is 0 Å². The first-order chi connectivity index (χ1) is 30.5. The first kappa shape index (κ1) is 60.1. The van der Waals surface area contributed by atoms with Gasteiger partial charge in [-0.15, -0.1) is 0 Å². The third kappa shape index (κ3) is 44.7. The Morgan fingerprint density at radius 3 is 1.27 bits per heavy atom. The van der Waals surface area contributed by atoms with Gasteiger partial charge in [0.2, 0.25) is 5.91 Å². The number of rotatable bonds is 49. The summed E-state index contributed by atoms with van der Waals surface area (Å²) >= 11 is 0. The molecule has 0 bridgehead atoms. The molecule has 3 atom stereocenters. The van der Waals surface area contributed by atoms with Crippen LogP contribution in [0.5, 0.6) is 0 Å². The van der Waals surface area contributed by atoms with Crippen molar-refractivity contribution >= 4 is 11.9 Å². The Kier molecular flexibility index (Phi) is 48.5. The second kappa shape index (κ2) is 50.1. The number of allylic oxidation sites excluding steroid dienone is 6. The van der Waals surface area contributed by atoms with E-state index >= 15 is 0 Å². The summed E-state index contributed by atoms with van der Waals surface area (Å²) in [5, 5.41) is 23.8. The highest BCUT2D eigenvalue weighted by Gasteiger charge is 2.24. The number of esters is 1. The number of nitrogens with one attached hydrogen (secondary N) is 1. The topological polar surface area (TPSA) is 95.9 Å². The van der Waals surface area contributed by atoms with Gasteiger partial charge in [-0.25, -0.2) is 0 Å². The van der Waals surface area contributed by atoms with E-state index in [-0.39, 0.29) is 24.9 Å². The molecule has 3 unspecified atom stereocenters. The lowest BCUT2D eigenvalue weighted by molar-refractivity contribution is -0.151. The molecular formula is C56H105NO5. The molecule has 0 aromatic heterocycles. The van der Waals surface area contributed by atoms with E-state index < -0.39 is 18.2 Å². The van der Waals surface area contributed by atoms with Crippen LogP contribution in [0.3, 0.4) is 0 Å². The highest BCUT2D eigenvalue weighted by atomic mass is 16.5. The molecule has 0 saturated carbocycles. The Morgan fingerprint density at radius 1 is 0.468 bits per heavy atom. The van der Waals surface area contributed by atoms with Gasteiger partial charge in [-0.2, -0.15) is 0 Å². The molecular weight excluding hydrogens is 767 g/mol. The van der Waals surface area contributed by atoms with Crippen LogP contribution in [0.15, 0.2) is 36.5 Å². The van der Waals surface area contributed by atoms with Gasteiger partial charge < -0.3 is 20.3 Å². The molecule has 0 aromatic carbocycles. The van der Waals surface area contributed by atoms with E-state index in [0.29, 0.717) is 19.3 Å². The van der Waals surface area contributed by atoms with Crippen molar-refractivity contribution in [2.45, 2.75) is 302 Å². The summed E-state index contributed by atoms with van der Waals surface area (Å²) in [6.07, 6.45) is 59.3. The SMILES string of the molecule is CCCCCCCC/C=C\CCCC(CC(=O)NC(CO)C(O)CCCCCCCCCCCCCCCCCC)OC(=O)CCCCC/C=C/C=C/CCCCCCCCC. The quantitative estimate of drug-likeness (QED) is 0.0245. The molecule has 364 valence electrons. The molecule has 0 spiro atoms. The van der Waals surface area contributed by atoms with Gasteiger partial charge >= 0.3 is 5.97 Å². The molecule has 0 aliphatic rings. The van der Waals surface area contributed by atoms with Crippen molar-refractivity contribution in [2.75, 3.05) is 6.61 Å². The van der Waals surface area contributed by atoms with E-state index in [1.54, 1.807) is 0 Å². The van der Waals surface area contributed by atoms with E-state index in [4.69, 9.17) is 4.74 Å². The van der Waals surface area contributed by atoms with E-state index in [9.17, 15) is 19.8 Å². The summed E-state index contributed by atoms with van der Waals surface area (Å²) in [6, 6.07) is -0.713. The predicted octanol–water partition coefficient (Wildman–Crippen LogP) is 16.5. The van der Waals surface area contributed by atoms with E-state index in [2.05, 4.69) is 62.5 Å². The largest absolute Gasteiger partial charge is 0.462 e. The van der Waals surface area contributed by atoms with Crippen LogP contribution in [0.1, 0.15) is 284 Å². The zero-order chi connectivity index (χ0) is 45.2. The molecule has 6 heteroatoms. The summed E-state index contributed by atoms with van der Waals surface area (Å²) in [7, 11) is 0. The van der Waals surface area contributed by atoms with Crippen LogP contribution in [0.4, 0.5) is 0 Å². The molecule has 62 heavy (non-hydrogen) atoms. The summed E-state index contributed by atoms with van der Waals surface area (Å²) < 4.78 is 5.90. The fraction of sp³-hybridized carbons (Fsp3) is 0.857. The maximum absolute atomic E-state index is 13.2.